The predicted molar refractivity (Wildman–Crippen MR) is 82.8 cm³/mol. The van der Waals surface area contributed by atoms with Crippen LogP contribution in [0.2, 0.25) is 5.02 Å². The summed E-state index contributed by atoms with van der Waals surface area (Å²) in [7, 11) is 0. The number of benzene rings is 2. The van der Waals surface area contributed by atoms with Gasteiger partial charge in [-0.2, -0.15) is 0 Å². The van der Waals surface area contributed by atoms with Gasteiger partial charge >= 0.3 is 0 Å². The van der Waals surface area contributed by atoms with Crippen molar-refractivity contribution in [2.75, 3.05) is 6.54 Å². The molecule has 1 nitrogen and oxygen atoms in total. The first-order chi connectivity index (χ1) is 9.95. The van der Waals surface area contributed by atoms with Gasteiger partial charge in [-0.15, -0.1) is 0 Å². The first kappa shape index (κ1) is 15.9. The zero-order valence-corrected chi connectivity index (χ0v) is 13.1. The fourth-order valence-electron chi connectivity index (χ4n) is 2.69. The standard InChI is InChI=1S/C17H18ClF2N/c1-4-21-17(13-6-5-7-14(20)16(13)18)15-10(2)8-12(19)9-11(15)3/h5-9,17,21H,4H2,1-3H3. The van der Waals surface area contributed by atoms with Gasteiger partial charge in [0.15, 0.2) is 0 Å². The molecule has 0 amide bonds. The number of nitrogens with one attached hydrogen (secondary N) is 1. The van der Waals surface area contributed by atoms with Gasteiger partial charge in [-0.05, 0) is 60.8 Å². The van der Waals surface area contributed by atoms with Crippen LogP contribution in [-0.2, 0) is 0 Å². The molecule has 4 heteroatoms. The lowest BCUT2D eigenvalue weighted by Gasteiger charge is -2.24. The molecule has 0 fully saturated rings. The normalized spacial score (nSPS) is 12.5. The van der Waals surface area contributed by atoms with E-state index < -0.39 is 5.82 Å². The van der Waals surface area contributed by atoms with Crippen LogP contribution in [0.5, 0.6) is 0 Å². The third-order valence-electron chi connectivity index (χ3n) is 3.55. The summed E-state index contributed by atoms with van der Waals surface area (Å²) in [6.07, 6.45) is 0. The summed E-state index contributed by atoms with van der Waals surface area (Å²) in [5, 5.41) is 3.41. The van der Waals surface area contributed by atoms with Gasteiger partial charge in [-0.25, -0.2) is 8.78 Å². The quantitative estimate of drug-likeness (QED) is 0.844. The van der Waals surface area contributed by atoms with E-state index in [1.54, 1.807) is 12.1 Å². The topological polar surface area (TPSA) is 12.0 Å². The zero-order chi connectivity index (χ0) is 15.6. The minimum absolute atomic E-state index is 0.103. The van der Waals surface area contributed by atoms with Gasteiger partial charge in [0.2, 0.25) is 0 Å². The summed E-state index contributed by atoms with van der Waals surface area (Å²) < 4.78 is 27.2. The Labute approximate surface area is 128 Å². The zero-order valence-electron chi connectivity index (χ0n) is 12.3. The van der Waals surface area contributed by atoms with Crippen LogP contribution in [-0.4, -0.2) is 6.54 Å². The van der Waals surface area contributed by atoms with Gasteiger partial charge in [0, 0.05) is 0 Å². The first-order valence-electron chi connectivity index (χ1n) is 6.89. The molecule has 0 bridgehead atoms. The Balaban J connectivity index is 2.62. The van der Waals surface area contributed by atoms with Crippen LogP contribution in [0, 0.1) is 25.5 Å². The lowest BCUT2D eigenvalue weighted by atomic mass is 9.91. The van der Waals surface area contributed by atoms with Crippen molar-refractivity contribution in [1.82, 2.24) is 5.32 Å². The molecule has 112 valence electrons. The first-order valence-corrected chi connectivity index (χ1v) is 7.27. The molecule has 1 N–H and O–H groups in total. The van der Waals surface area contributed by atoms with Crippen molar-refractivity contribution in [1.29, 1.82) is 0 Å². The Kier molecular flexibility index (Phi) is 4.96. The summed E-state index contributed by atoms with van der Waals surface area (Å²) in [4.78, 5) is 0. The molecule has 0 aliphatic rings. The molecule has 2 aromatic carbocycles. The van der Waals surface area contributed by atoms with Crippen LogP contribution < -0.4 is 5.32 Å². The predicted octanol–water partition coefficient (Wildman–Crippen LogP) is 4.93. The van der Waals surface area contributed by atoms with Gasteiger partial charge in [-0.3, -0.25) is 0 Å². The van der Waals surface area contributed by atoms with Gasteiger partial charge < -0.3 is 5.32 Å². The van der Waals surface area contributed by atoms with Gasteiger partial charge in [0.25, 0.3) is 0 Å². The van der Waals surface area contributed by atoms with E-state index in [4.69, 9.17) is 11.6 Å². The molecule has 0 heterocycles. The van der Waals surface area contributed by atoms with E-state index in [2.05, 4.69) is 5.32 Å². The second-order valence-electron chi connectivity index (χ2n) is 5.09. The maximum absolute atomic E-state index is 13.7. The average molecular weight is 310 g/mol. The second-order valence-corrected chi connectivity index (χ2v) is 5.46. The highest BCUT2D eigenvalue weighted by atomic mass is 35.5. The Hall–Kier alpha value is -1.45. The number of hydrogen-bond donors (Lipinski definition) is 1. The lowest BCUT2D eigenvalue weighted by Crippen LogP contribution is -2.24. The summed E-state index contributed by atoms with van der Waals surface area (Å²) in [6.45, 7) is 6.36. The molecule has 2 aromatic rings. The molecule has 0 saturated heterocycles. The molecule has 0 saturated carbocycles. The molecule has 21 heavy (non-hydrogen) atoms. The van der Waals surface area contributed by atoms with Crippen LogP contribution >= 0.6 is 11.6 Å². The highest BCUT2D eigenvalue weighted by molar-refractivity contribution is 6.31. The molecule has 0 spiro atoms. The van der Waals surface area contributed by atoms with Crippen molar-refractivity contribution in [2.45, 2.75) is 26.8 Å². The molecular formula is C17H18ClF2N. The minimum atomic E-state index is -0.450. The second kappa shape index (κ2) is 6.54. The van der Waals surface area contributed by atoms with Gasteiger partial charge in [0.1, 0.15) is 11.6 Å². The molecule has 0 radical (unpaired) electrons. The van der Waals surface area contributed by atoms with Crippen molar-refractivity contribution in [3.8, 4) is 0 Å². The van der Waals surface area contributed by atoms with Crippen molar-refractivity contribution in [2.24, 2.45) is 0 Å². The molecule has 2 rings (SSSR count). The Morgan fingerprint density at radius 1 is 1.14 bits per heavy atom. The van der Waals surface area contributed by atoms with E-state index in [9.17, 15) is 8.78 Å². The van der Waals surface area contributed by atoms with Crippen LogP contribution in [0.1, 0.15) is 35.2 Å². The lowest BCUT2D eigenvalue weighted by molar-refractivity contribution is 0.594. The molecule has 1 atom stereocenters. The Bertz CT molecular complexity index is 632. The third-order valence-corrected chi connectivity index (χ3v) is 3.95. The van der Waals surface area contributed by atoms with E-state index in [1.807, 2.05) is 20.8 Å². The summed E-state index contributed by atoms with van der Waals surface area (Å²) >= 11 is 6.12. The fourth-order valence-corrected chi connectivity index (χ4v) is 2.93. The van der Waals surface area contributed by atoms with E-state index in [1.165, 1.54) is 18.2 Å². The van der Waals surface area contributed by atoms with E-state index in [0.717, 1.165) is 16.7 Å². The van der Waals surface area contributed by atoms with E-state index >= 15 is 0 Å². The number of halogens is 3. The van der Waals surface area contributed by atoms with Gasteiger partial charge in [0.05, 0.1) is 11.1 Å². The van der Waals surface area contributed by atoms with Crippen LogP contribution in [0.4, 0.5) is 8.78 Å². The van der Waals surface area contributed by atoms with Crippen LogP contribution in [0.25, 0.3) is 0 Å². The highest BCUT2D eigenvalue weighted by Crippen LogP contribution is 2.33. The number of hydrogen-bond acceptors (Lipinski definition) is 1. The molecule has 1 unspecified atom stereocenters. The molecule has 0 aliphatic carbocycles. The number of aryl methyl sites for hydroxylation is 2. The van der Waals surface area contributed by atoms with Crippen molar-refractivity contribution >= 4 is 11.6 Å². The van der Waals surface area contributed by atoms with Crippen molar-refractivity contribution in [3.05, 3.63) is 69.2 Å². The van der Waals surface area contributed by atoms with Gasteiger partial charge in [-0.1, -0.05) is 30.7 Å². The number of rotatable bonds is 4. The van der Waals surface area contributed by atoms with E-state index in [-0.39, 0.29) is 16.9 Å². The summed E-state index contributed by atoms with van der Waals surface area (Å²) in [6, 6.07) is 7.47. The van der Waals surface area contributed by atoms with Crippen molar-refractivity contribution < 1.29 is 8.78 Å². The summed E-state index contributed by atoms with van der Waals surface area (Å²) in [5.41, 5.74) is 3.24. The maximum atomic E-state index is 13.7. The minimum Gasteiger partial charge on any atom is -0.306 e. The monoisotopic (exact) mass is 309 g/mol. The van der Waals surface area contributed by atoms with E-state index in [0.29, 0.717) is 12.1 Å². The van der Waals surface area contributed by atoms with Crippen molar-refractivity contribution in [3.63, 3.8) is 0 Å². The highest BCUT2D eigenvalue weighted by Gasteiger charge is 2.21. The molecule has 0 aromatic heterocycles. The average Bonchev–Trinajstić information content (AvgIpc) is 2.40. The fraction of sp³-hybridized carbons (Fsp3) is 0.294. The van der Waals surface area contributed by atoms with Crippen LogP contribution in [0.15, 0.2) is 30.3 Å². The summed E-state index contributed by atoms with van der Waals surface area (Å²) in [5.74, 6) is -0.719. The smallest absolute Gasteiger partial charge is 0.142 e. The Morgan fingerprint density at radius 3 is 2.33 bits per heavy atom. The SMILES string of the molecule is CCNC(c1cccc(F)c1Cl)c1c(C)cc(F)cc1C. The van der Waals surface area contributed by atoms with Crippen LogP contribution in [0.3, 0.4) is 0 Å². The largest absolute Gasteiger partial charge is 0.306 e. The maximum Gasteiger partial charge on any atom is 0.142 e. The molecular weight excluding hydrogens is 292 g/mol. The molecule has 0 aliphatic heterocycles. The Morgan fingerprint density at radius 2 is 1.76 bits per heavy atom. The third kappa shape index (κ3) is 3.25.